The number of morpholine rings is 1. The van der Waals surface area contributed by atoms with Gasteiger partial charge in [-0.1, -0.05) is 25.4 Å². The summed E-state index contributed by atoms with van der Waals surface area (Å²) in [7, 11) is 0. The second-order valence-electron chi connectivity index (χ2n) is 7.66. The second-order valence-corrected chi connectivity index (χ2v) is 9.38. The molecule has 1 saturated heterocycles. The van der Waals surface area contributed by atoms with Crippen molar-refractivity contribution in [1.82, 2.24) is 10.6 Å². The normalized spacial score (nSPS) is 14.7. The van der Waals surface area contributed by atoms with Crippen molar-refractivity contribution in [3.63, 3.8) is 0 Å². The number of hydrogen-bond donors (Lipinski definition) is 3. The molecule has 1 aromatic carbocycles. The topological polar surface area (TPSA) is 117 Å². The molecule has 0 spiro atoms. The van der Waals surface area contributed by atoms with Gasteiger partial charge in [-0.05, 0) is 36.4 Å². The summed E-state index contributed by atoms with van der Waals surface area (Å²) in [5.74, 6) is -1.65. The van der Waals surface area contributed by atoms with Crippen LogP contribution in [0.2, 0.25) is 4.34 Å². The lowest BCUT2D eigenvalue weighted by Crippen LogP contribution is -2.51. The second kappa shape index (κ2) is 11.3. The average molecular weight is 493 g/mol. The number of thiophene rings is 1. The van der Waals surface area contributed by atoms with Gasteiger partial charge in [0.05, 0.1) is 15.8 Å². The molecular formula is C22H25ClN4O5S. The quantitative estimate of drug-likeness (QED) is 0.522. The Hall–Kier alpha value is -2.95. The number of carbonyl (C=O) groups excluding carboxylic acids is 4. The van der Waals surface area contributed by atoms with Crippen molar-refractivity contribution in [3.05, 3.63) is 45.6 Å². The van der Waals surface area contributed by atoms with E-state index in [1.807, 2.05) is 0 Å². The van der Waals surface area contributed by atoms with Gasteiger partial charge in [-0.3, -0.25) is 19.2 Å². The molecule has 3 N–H and O–H groups in total. The van der Waals surface area contributed by atoms with E-state index in [2.05, 4.69) is 16.0 Å². The van der Waals surface area contributed by atoms with E-state index in [-0.39, 0.29) is 36.8 Å². The van der Waals surface area contributed by atoms with Crippen LogP contribution < -0.4 is 20.9 Å². The molecular weight excluding hydrogens is 468 g/mol. The van der Waals surface area contributed by atoms with E-state index in [4.69, 9.17) is 16.3 Å². The van der Waals surface area contributed by atoms with Crippen molar-refractivity contribution < 1.29 is 23.9 Å². The Morgan fingerprint density at radius 1 is 1.12 bits per heavy atom. The summed E-state index contributed by atoms with van der Waals surface area (Å²) in [6.07, 6.45) is 0. The molecule has 0 aliphatic carbocycles. The molecule has 1 aliphatic rings. The fourth-order valence-corrected chi connectivity index (χ4v) is 3.97. The Balaban J connectivity index is 1.65. The SMILES string of the molecule is CC(C)C(=O)N[C@H](CNC(=O)c1ccc(Cl)s1)C(=O)Nc1ccc(N2CCOCC2=O)cc1. The smallest absolute Gasteiger partial charge is 0.261 e. The van der Waals surface area contributed by atoms with Crippen molar-refractivity contribution in [1.29, 1.82) is 0 Å². The average Bonchev–Trinajstić information content (AvgIpc) is 3.23. The fourth-order valence-electron chi connectivity index (χ4n) is 3.01. The molecule has 176 valence electrons. The summed E-state index contributed by atoms with van der Waals surface area (Å²) in [5.41, 5.74) is 1.19. The number of nitrogens with zero attached hydrogens (tertiary/aromatic N) is 1. The van der Waals surface area contributed by atoms with Crippen molar-refractivity contribution >= 4 is 57.9 Å². The number of carbonyl (C=O) groups is 4. The molecule has 33 heavy (non-hydrogen) atoms. The standard InChI is InChI=1S/C22H25ClN4O5S/c1-13(2)20(29)26-16(11-24-22(31)17-7-8-18(23)33-17)21(30)25-14-3-5-15(6-4-14)27-9-10-32-12-19(27)28/h3-8,13,16H,9-12H2,1-2H3,(H,24,31)(H,25,30)(H,26,29)/t16-/m1/s1. The third kappa shape index (κ3) is 6.77. The zero-order chi connectivity index (χ0) is 24.0. The van der Waals surface area contributed by atoms with Crippen LogP contribution in [0, 0.1) is 5.92 Å². The van der Waals surface area contributed by atoms with Crippen LogP contribution in [0.5, 0.6) is 0 Å². The van der Waals surface area contributed by atoms with Gasteiger partial charge in [0, 0.05) is 30.4 Å². The number of anilines is 2. The fraction of sp³-hybridized carbons (Fsp3) is 0.364. The first-order valence-corrected chi connectivity index (χ1v) is 11.6. The Labute approximate surface area is 200 Å². The third-order valence-corrected chi connectivity index (χ3v) is 6.08. The Morgan fingerprint density at radius 2 is 1.85 bits per heavy atom. The Bertz CT molecular complexity index is 1020. The lowest BCUT2D eigenvalue weighted by molar-refractivity contribution is -0.128. The van der Waals surface area contributed by atoms with E-state index in [0.717, 1.165) is 11.3 Å². The van der Waals surface area contributed by atoms with Gasteiger partial charge < -0.3 is 25.6 Å². The van der Waals surface area contributed by atoms with E-state index in [9.17, 15) is 19.2 Å². The summed E-state index contributed by atoms with van der Waals surface area (Å²) in [5, 5.41) is 8.07. The molecule has 2 aromatic rings. The van der Waals surface area contributed by atoms with E-state index in [1.165, 1.54) is 0 Å². The van der Waals surface area contributed by atoms with Gasteiger partial charge in [0.2, 0.25) is 11.8 Å². The Kier molecular flexibility index (Phi) is 8.43. The first kappa shape index (κ1) is 24.7. The highest BCUT2D eigenvalue weighted by molar-refractivity contribution is 7.18. The molecule has 1 fully saturated rings. The maximum absolute atomic E-state index is 12.9. The minimum Gasteiger partial charge on any atom is -0.370 e. The van der Waals surface area contributed by atoms with Crippen LogP contribution in [0.4, 0.5) is 11.4 Å². The first-order valence-electron chi connectivity index (χ1n) is 10.4. The number of nitrogens with one attached hydrogen (secondary N) is 3. The zero-order valence-electron chi connectivity index (χ0n) is 18.2. The lowest BCUT2D eigenvalue weighted by Gasteiger charge is -2.27. The molecule has 1 aromatic heterocycles. The summed E-state index contributed by atoms with van der Waals surface area (Å²) in [4.78, 5) is 51.4. The summed E-state index contributed by atoms with van der Waals surface area (Å²) >= 11 is 6.99. The molecule has 0 saturated carbocycles. The van der Waals surface area contributed by atoms with Crippen molar-refractivity contribution in [2.24, 2.45) is 5.92 Å². The predicted octanol–water partition coefficient (Wildman–Crippen LogP) is 2.27. The number of halogens is 1. The maximum Gasteiger partial charge on any atom is 0.261 e. The zero-order valence-corrected chi connectivity index (χ0v) is 19.8. The van der Waals surface area contributed by atoms with Gasteiger partial charge in [-0.15, -0.1) is 11.3 Å². The van der Waals surface area contributed by atoms with Crippen molar-refractivity contribution in [2.45, 2.75) is 19.9 Å². The van der Waals surface area contributed by atoms with Crippen LogP contribution in [0.25, 0.3) is 0 Å². The molecule has 4 amide bonds. The summed E-state index contributed by atoms with van der Waals surface area (Å²) in [6.45, 7) is 4.29. The van der Waals surface area contributed by atoms with E-state index >= 15 is 0 Å². The molecule has 1 aliphatic heterocycles. The number of hydrogen-bond acceptors (Lipinski definition) is 6. The number of rotatable bonds is 8. The van der Waals surface area contributed by atoms with Crippen LogP contribution in [0.3, 0.4) is 0 Å². The molecule has 2 heterocycles. The summed E-state index contributed by atoms with van der Waals surface area (Å²) in [6, 6.07) is 9.00. The molecule has 11 heteroatoms. The number of benzene rings is 1. The van der Waals surface area contributed by atoms with E-state index in [0.29, 0.717) is 33.7 Å². The van der Waals surface area contributed by atoms with Gasteiger partial charge in [-0.2, -0.15) is 0 Å². The van der Waals surface area contributed by atoms with Crippen LogP contribution >= 0.6 is 22.9 Å². The number of amides is 4. The largest absolute Gasteiger partial charge is 0.370 e. The summed E-state index contributed by atoms with van der Waals surface area (Å²) < 4.78 is 5.61. The molecule has 9 nitrogen and oxygen atoms in total. The van der Waals surface area contributed by atoms with E-state index in [1.54, 1.807) is 55.1 Å². The Morgan fingerprint density at radius 3 is 2.45 bits per heavy atom. The minimum atomic E-state index is -0.986. The van der Waals surface area contributed by atoms with Crippen molar-refractivity contribution in [2.75, 3.05) is 36.5 Å². The van der Waals surface area contributed by atoms with Gasteiger partial charge in [0.15, 0.2) is 0 Å². The molecule has 0 bridgehead atoms. The van der Waals surface area contributed by atoms with Crippen molar-refractivity contribution in [3.8, 4) is 0 Å². The monoisotopic (exact) mass is 492 g/mol. The van der Waals surface area contributed by atoms with Gasteiger partial charge in [-0.25, -0.2) is 0 Å². The van der Waals surface area contributed by atoms with Crippen LogP contribution in [-0.2, 0) is 19.1 Å². The highest BCUT2D eigenvalue weighted by Gasteiger charge is 2.24. The maximum atomic E-state index is 12.9. The van der Waals surface area contributed by atoms with Crippen LogP contribution in [0.1, 0.15) is 23.5 Å². The van der Waals surface area contributed by atoms with Crippen LogP contribution in [-0.4, -0.2) is 56.0 Å². The molecule has 0 unspecified atom stereocenters. The number of ether oxygens (including phenoxy) is 1. The predicted molar refractivity (Wildman–Crippen MR) is 127 cm³/mol. The van der Waals surface area contributed by atoms with Gasteiger partial charge in [0.25, 0.3) is 11.8 Å². The van der Waals surface area contributed by atoms with Crippen LogP contribution in [0.15, 0.2) is 36.4 Å². The van der Waals surface area contributed by atoms with Gasteiger partial charge in [0.1, 0.15) is 12.6 Å². The molecule has 1 atom stereocenters. The highest BCUT2D eigenvalue weighted by atomic mass is 35.5. The molecule has 0 radical (unpaired) electrons. The van der Waals surface area contributed by atoms with Gasteiger partial charge >= 0.3 is 0 Å². The minimum absolute atomic E-state index is 0.0408. The highest BCUT2D eigenvalue weighted by Crippen LogP contribution is 2.21. The first-order chi connectivity index (χ1) is 15.7. The third-order valence-electron chi connectivity index (χ3n) is 4.85. The van der Waals surface area contributed by atoms with E-state index < -0.39 is 11.9 Å². The molecule has 3 rings (SSSR count). The lowest BCUT2D eigenvalue weighted by atomic mass is 10.1.